The largest absolute Gasteiger partial charge is 0.602 e. The molecule has 0 N–H and O–H groups in total. The Hall–Kier alpha value is 0.487. The summed E-state index contributed by atoms with van der Waals surface area (Å²) in [4.78, 5) is 0. The molecule has 0 saturated carbocycles. The smallest absolute Gasteiger partial charge is 0.581 e. The molecular formula is C2HF6LiOS. The Labute approximate surface area is 72.5 Å². The number of halogens is 6. The fourth-order valence-electron chi connectivity index (χ4n) is 0.131. The SMILES string of the molecule is [LiH].[O-][S+](C(F)(F)F)C(F)(F)F. The van der Waals surface area contributed by atoms with Crippen LogP contribution in [0.3, 0.4) is 0 Å². The van der Waals surface area contributed by atoms with Crippen molar-refractivity contribution in [1.29, 1.82) is 0 Å². The van der Waals surface area contributed by atoms with Crippen molar-refractivity contribution >= 4 is 30.0 Å². The zero-order valence-electron chi connectivity index (χ0n) is 4.08. The van der Waals surface area contributed by atoms with Gasteiger partial charge in [-0.15, -0.1) is 26.3 Å². The number of rotatable bonds is 0. The van der Waals surface area contributed by atoms with E-state index >= 15 is 0 Å². The average Bonchev–Trinajstić information content (AvgIpc) is 1.59. The fourth-order valence-corrected chi connectivity index (χ4v) is 0.394. The Bertz CT molecular complexity index is 105. The molecule has 0 aliphatic rings. The van der Waals surface area contributed by atoms with Gasteiger partial charge < -0.3 is 4.55 Å². The van der Waals surface area contributed by atoms with Gasteiger partial charge in [0.15, 0.2) is 11.2 Å². The van der Waals surface area contributed by atoms with E-state index in [1.807, 2.05) is 0 Å². The van der Waals surface area contributed by atoms with Crippen LogP contribution in [0.1, 0.15) is 0 Å². The molecule has 0 aromatic heterocycles. The summed E-state index contributed by atoms with van der Waals surface area (Å²) < 4.78 is 74.9. The van der Waals surface area contributed by atoms with Crippen LogP contribution < -0.4 is 0 Å². The van der Waals surface area contributed by atoms with Crippen LogP contribution in [0, 0.1) is 0 Å². The van der Waals surface area contributed by atoms with E-state index < -0.39 is 22.2 Å². The van der Waals surface area contributed by atoms with E-state index in [0.29, 0.717) is 0 Å². The molecule has 0 atom stereocenters. The molecule has 0 aromatic carbocycles. The van der Waals surface area contributed by atoms with Crippen LogP contribution in [-0.4, -0.2) is 34.4 Å². The van der Waals surface area contributed by atoms with Gasteiger partial charge in [0.05, 0.1) is 0 Å². The average molecular weight is 194 g/mol. The van der Waals surface area contributed by atoms with Gasteiger partial charge >= 0.3 is 29.9 Å². The summed E-state index contributed by atoms with van der Waals surface area (Å²) in [7, 11) is 0. The second-order valence-electron chi connectivity index (χ2n) is 1.16. The van der Waals surface area contributed by atoms with E-state index in [2.05, 4.69) is 0 Å². The van der Waals surface area contributed by atoms with Crippen molar-refractivity contribution in [2.45, 2.75) is 11.0 Å². The van der Waals surface area contributed by atoms with Crippen molar-refractivity contribution in [3.8, 4) is 0 Å². The first kappa shape index (κ1) is 14.0. The summed E-state index contributed by atoms with van der Waals surface area (Å²) in [6.45, 7) is 0. The van der Waals surface area contributed by atoms with Crippen molar-refractivity contribution in [2.24, 2.45) is 0 Å². The number of hydrogen-bond donors (Lipinski definition) is 0. The molecule has 0 unspecified atom stereocenters. The normalized spacial score (nSPS) is 13.1. The molecule has 0 amide bonds. The van der Waals surface area contributed by atoms with Crippen molar-refractivity contribution in [2.75, 3.05) is 0 Å². The predicted molar refractivity (Wildman–Crippen MR) is 27.4 cm³/mol. The molecule has 0 rings (SSSR count). The summed E-state index contributed by atoms with van der Waals surface area (Å²) in [5.41, 5.74) is -11.4. The molecule has 0 aliphatic carbocycles. The number of alkyl halides is 6. The predicted octanol–water partition coefficient (Wildman–Crippen LogP) is 1.13. The maximum absolute atomic E-state index is 10.9. The Morgan fingerprint density at radius 1 is 0.818 bits per heavy atom. The quantitative estimate of drug-likeness (QED) is 0.322. The third-order valence-corrected chi connectivity index (χ3v) is 1.26. The van der Waals surface area contributed by atoms with E-state index in [9.17, 15) is 30.9 Å². The third kappa shape index (κ3) is 4.84. The van der Waals surface area contributed by atoms with Crippen molar-refractivity contribution in [3.63, 3.8) is 0 Å². The first-order chi connectivity index (χ1) is 4.15. The summed E-state index contributed by atoms with van der Waals surface area (Å²) in [6.07, 6.45) is 0. The maximum Gasteiger partial charge on any atom is 0.581 e. The van der Waals surface area contributed by atoms with Crippen LogP contribution >= 0.6 is 0 Å². The summed E-state index contributed by atoms with van der Waals surface area (Å²) >= 11 is -4.75. The molecule has 0 heterocycles. The van der Waals surface area contributed by atoms with Crippen LogP contribution in [0.5, 0.6) is 0 Å². The van der Waals surface area contributed by atoms with Crippen molar-refractivity contribution < 1.29 is 30.9 Å². The number of hydrogen-bond acceptors (Lipinski definition) is 1. The van der Waals surface area contributed by atoms with Crippen LogP contribution in [0.2, 0.25) is 0 Å². The topological polar surface area (TPSA) is 23.1 Å². The molecule has 0 spiro atoms. The van der Waals surface area contributed by atoms with Crippen molar-refractivity contribution in [1.82, 2.24) is 0 Å². The first-order valence-electron chi connectivity index (χ1n) is 1.71. The van der Waals surface area contributed by atoms with Crippen LogP contribution in [0.15, 0.2) is 0 Å². The van der Waals surface area contributed by atoms with E-state index in [0.717, 1.165) is 0 Å². The van der Waals surface area contributed by atoms with Crippen LogP contribution in [0.25, 0.3) is 0 Å². The van der Waals surface area contributed by atoms with Gasteiger partial charge in [-0.1, -0.05) is 0 Å². The molecule has 0 bridgehead atoms. The molecule has 9 heteroatoms. The summed E-state index contributed by atoms with van der Waals surface area (Å²) in [5, 5.41) is 0. The third-order valence-electron chi connectivity index (χ3n) is 0.420. The second-order valence-corrected chi connectivity index (χ2v) is 2.62. The minimum atomic E-state index is -5.71. The maximum atomic E-state index is 10.9. The Morgan fingerprint density at radius 3 is 1.00 bits per heavy atom. The minimum absolute atomic E-state index is 0. The van der Waals surface area contributed by atoms with Gasteiger partial charge in [-0.25, -0.2) is 0 Å². The fraction of sp³-hybridized carbons (Fsp3) is 1.00. The molecule has 1 nitrogen and oxygen atoms in total. The molecule has 0 saturated heterocycles. The molecule has 11 heavy (non-hydrogen) atoms. The van der Waals surface area contributed by atoms with Gasteiger partial charge in [0.25, 0.3) is 0 Å². The first-order valence-corrected chi connectivity index (χ1v) is 2.86. The van der Waals surface area contributed by atoms with Gasteiger partial charge in [-0.2, -0.15) is 0 Å². The molecule has 0 aromatic rings. The summed E-state index contributed by atoms with van der Waals surface area (Å²) in [6, 6.07) is 0. The van der Waals surface area contributed by atoms with Gasteiger partial charge in [-0.05, 0) is 0 Å². The molecule has 0 radical (unpaired) electrons. The Balaban J connectivity index is 0. The molecule has 0 fully saturated rings. The van der Waals surface area contributed by atoms with E-state index in [4.69, 9.17) is 0 Å². The van der Waals surface area contributed by atoms with E-state index in [1.165, 1.54) is 0 Å². The van der Waals surface area contributed by atoms with Crippen LogP contribution in [-0.2, 0) is 11.2 Å². The monoisotopic (exact) mass is 194 g/mol. The summed E-state index contributed by atoms with van der Waals surface area (Å²) in [5.74, 6) is 0. The van der Waals surface area contributed by atoms with Gasteiger partial charge in [0.1, 0.15) is 0 Å². The van der Waals surface area contributed by atoms with E-state index in [-0.39, 0.29) is 18.9 Å². The standard InChI is InChI=1S/C2F6OS.Li.H/c3-1(4,5)10(9)2(6,7)8;;. The Morgan fingerprint density at radius 2 is 1.00 bits per heavy atom. The van der Waals surface area contributed by atoms with E-state index in [1.54, 1.807) is 0 Å². The molecule has 64 valence electrons. The molecular weight excluding hydrogens is 193 g/mol. The van der Waals surface area contributed by atoms with Gasteiger partial charge in [0.2, 0.25) is 0 Å². The minimum Gasteiger partial charge on any atom is -0.602 e. The zero-order chi connectivity index (χ0) is 8.58. The zero-order valence-corrected chi connectivity index (χ0v) is 4.90. The van der Waals surface area contributed by atoms with Crippen molar-refractivity contribution in [3.05, 3.63) is 0 Å². The molecule has 0 aliphatic heterocycles. The second kappa shape index (κ2) is 3.94. The van der Waals surface area contributed by atoms with Crippen LogP contribution in [0.4, 0.5) is 26.3 Å². The Kier molecular flexibility index (Phi) is 5.02. The van der Waals surface area contributed by atoms with Gasteiger partial charge in [-0.3, -0.25) is 0 Å². The van der Waals surface area contributed by atoms with Gasteiger partial charge in [0, 0.05) is 0 Å².